The third kappa shape index (κ3) is 8.06. The van der Waals surface area contributed by atoms with Crippen LogP contribution in [0, 0.1) is 0 Å². The van der Waals surface area contributed by atoms with E-state index in [4.69, 9.17) is 0 Å². The lowest BCUT2D eigenvalue weighted by Crippen LogP contribution is -2.50. The number of amides is 2. The fourth-order valence-corrected chi connectivity index (χ4v) is 4.46. The first-order chi connectivity index (χ1) is 17.2. The molecule has 36 heavy (non-hydrogen) atoms. The predicted octanol–water partition coefficient (Wildman–Crippen LogP) is 6.46. The molecule has 0 spiro atoms. The van der Waals surface area contributed by atoms with Crippen LogP contribution in [-0.4, -0.2) is 29.3 Å². The van der Waals surface area contributed by atoms with Gasteiger partial charge >= 0.3 is 0 Å². The van der Waals surface area contributed by atoms with Gasteiger partial charge in [0.1, 0.15) is 6.04 Å². The lowest BCUT2D eigenvalue weighted by Gasteiger charge is -2.31. The van der Waals surface area contributed by atoms with E-state index in [0.29, 0.717) is 32.4 Å². The van der Waals surface area contributed by atoms with Crippen LogP contribution in [0.2, 0.25) is 0 Å². The number of halogens is 1. The summed E-state index contributed by atoms with van der Waals surface area (Å²) in [6.07, 6.45) is 1.44. The molecule has 2 amide bonds. The van der Waals surface area contributed by atoms with Crippen LogP contribution in [0.1, 0.15) is 56.4 Å². The second kappa shape index (κ2) is 12.9. The Hall–Kier alpha value is -2.92. The summed E-state index contributed by atoms with van der Waals surface area (Å²) in [4.78, 5) is 28.7. The van der Waals surface area contributed by atoms with E-state index in [1.807, 2.05) is 61.5 Å². The quantitative estimate of drug-likeness (QED) is 0.316. The molecular weight excluding hydrogens is 512 g/mol. The molecule has 0 saturated heterocycles. The van der Waals surface area contributed by atoms with Crippen LogP contribution in [0.25, 0.3) is 0 Å². The van der Waals surface area contributed by atoms with Gasteiger partial charge in [-0.1, -0.05) is 103 Å². The molecule has 0 saturated carbocycles. The Kier molecular flexibility index (Phi) is 9.89. The van der Waals surface area contributed by atoms with Crippen molar-refractivity contribution in [3.63, 3.8) is 0 Å². The Morgan fingerprint density at radius 3 is 2.06 bits per heavy atom. The van der Waals surface area contributed by atoms with Gasteiger partial charge < -0.3 is 10.2 Å². The van der Waals surface area contributed by atoms with Gasteiger partial charge in [0.2, 0.25) is 11.8 Å². The van der Waals surface area contributed by atoms with Crippen molar-refractivity contribution in [1.82, 2.24) is 10.2 Å². The second-order valence-corrected chi connectivity index (χ2v) is 11.1. The molecular formula is C31H37BrN2O2. The van der Waals surface area contributed by atoms with E-state index in [1.165, 1.54) is 5.56 Å². The van der Waals surface area contributed by atoms with Crippen LogP contribution in [-0.2, 0) is 34.4 Å². The first-order valence-electron chi connectivity index (χ1n) is 12.6. The molecule has 3 rings (SSSR count). The molecule has 0 aliphatic rings. The fraction of sp³-hybridized carbons (Fsp3) is 0.355. The van der Waals surface area contributed by atoms with Gasteiger partial charge in [0.15, 0.2) is 0 Å². The average molecular weight is 550 g/mol. The van der Waals surface area contributed by atoms with E-state index >= 15 is 0 Å². The number of likely N-dealkylation sites (N-methyl/N-ethyl adjacent to an activating group) is 1. The first kappa shape index (κ1) is 27.7. The number of hydrogen-bond donors (Lipinski definition) is 1. The maximum absolute atomic E-state index is 13.7. The number of carbonyl (C=O) groups excluding carboxylic acids is 2. The Balaban J connectivity index is 1.85. The summed E-state index contributed by atoms with van der Waals surface area (Å²) in [6, 6.07) is 25.7. The molecule has 1 N–H and O–H groups in total. The Bertz CT molecular complexity index is 1120. The van der Waals surface area contributed by atoms with E-state index in [-0.39, 0.29) is 17.2 Å². The number of benzene rings is 3. The zero-order chi connectivity index (χ0) is 26.1. The molecule has 190 valence electrons. The number of hydrogen-bond acceptors (Lipinski definition) is 2. The summed E-state index contributed by atoms with van der Waals surface area (Å²) in [6.45, 7) is 9.38. The molecule has 0 radical (unpaired) electrons. The highest BCUT2D eigenvalue weighted by molar-refractivity contribution is 9.10. The Labute approximate surface area is 224 Å². The molecule has 3 aromatic rings. The standard InChI is InChI=1S/C31H37BrN2O2/c1-5-33-30(36)28(21-24-9-7-6-8-10-24)34(22-25-13-18-27(32)19-14-25)29(35)20-15-23-11-16-26(17-12-23)31(2,3)4/h6-14,16-19,28H,5,15,20-22H2,1-4H3,(H,33,36)/t28-/m1/s1. The van der Waals surface area contributed by atoms with Crippen LogP contribution in [0.4, 0.5) is 0 Å². The molecule has 4 nitrogen and oxygen atoms in total. The summed E-state index contributed by atoms with van der Waals surface area (Å²) >= 11 is 3.48. The molecule has 0 unspecified atom stereocenters. The van der Waals surface area contributed by atoms with Crippen LogP contribution < -0.4 is 5.32 Å². The van der Waals surface area contributed by atoms with Crippen molar-refractivity contribution >= 4 is 27.7 Å². The Morgan fingerprint density at radius 1 is 0.861 bits per heavy atom. The maximum atomic E-state index is 13.7. The summed E-state index contributed by atoms with van der Waals surface area (Å²) in [5, 5.41) is 2.95. The zero-order valence-corrected chi connectivity index (χ0v) is 23.3. The van der Waals surface area contributed by atoms with E-state index in [0.717, 1.165) is 21.2 Å². The molecule has 1 atom stereocenters. The molecule has 0 bridgehead atoms. The SMILES string of the molecule is CCNC(=O)[C@@H](Cc1ccccc1)N(Cc1ccc(Br)cc1)C(=O)CCc1ccc(C(C)(C)C)cc1. The molecule has 0 aromatic heterocycles. The summed E-state index contributed by atoms with van der Waals surface area (Å²) < 4.78 is 0.979. The van der Waals surface area contributed by atoms with Crippen LogP contribution in [0.15, 0.2) is 83.3 Å². The lowest BCUT2D eigenvalue weighted by atomic mass is 9.86. The van der Waals surface area contributed by atoms with E-state index in [9.17, 15) is 9.59 Å². The Morgan fingerprint density at radius 2 is 1.47 bits per heavy atom. The van der Waals surface area contributed by atoms with Gasteiger partial charge in [-0.25, -0.2) is 0 Å². The van der Waals surface area contributed by atoms with Crippen LogP contribution in [0.3, 0.4) is 0 Å². The van der Waals surface area contributed by atoms with Gasteiger partial charge in [0.05, 0.1) is 0 Å². The van der Waals surface area contributed by atoms with Crippen LogP contribution >= 0.6 is 15.9 Å². The summed E-state index contributed by atoms with van der Waals surface area (Å²) in [7, 11) is 0. The van der Waals surface area contributed by atoms with Crippen molar-refractivity contribution in [1.29, 1.82) is 0 Å². The monoisotopic (exact) mass is 548 g/mol. The van der Waals surface area contributed by atoms with Crippen molar-refractivity contribution in [3.05, 3.63) is 106 Å². The number of nitrogens with zero attached hydrogens (tertiary/aromatic N) is 1. The second-order valence-electron chi connectivity index (χ2n) is 10.2. The highest BCUT2D eigenvalue weighted by Gasteiger charge is 2.30. The average Bonchev–Trinajstić information content (AvgIpc) is 2.86. The largest absolute Gasteiger partial charge is 0.355 e. The number of aryl methyl sites for hydroxylation is 1. The molecule has 0 fully saturated rings. The normalized spacial score (nSPS) is 12.1. The minimum absolute atomic E-state index is 0.0231. The van der Waals surface area contributed by atoms with Gasteiger partial charge in [-0.15, -0.1) is 0 Å². The van der Waals surface area contributed by atoms with Gasteiger partial charge in [-0.3, -0.25) is 9.59 Å². The zero-order valence-electron chi connectivity index (χ0n) is 21.8. The third-order valence-corrected chi connectivity index (χ3v) is 6.86. The van der Waals surface area contributed by atoms with Gasteiger partial charge in [0, 0.05) is 30.4 Å². The van der Waals surface area contributed by atoms with Gasteiger partial charge in [-0.2, -0.15) is 0 Å². The summed E-state index contributed by atoms with van der Waals surface area (Å²) in [5.41, 5.74) is 4.50. The lowest BCUT2D eigenvalue weighted by molar-refractivity contribution is -0.141. The third-order valence-electron chi connectivity index (χ3n) is 6.34. The maximum Gasteiger partial charge on any atom is 0.243 e. The minimum Gasteiger partial charge on any atom is -0.355 e. The molecule has 0 aliphatic carbocycles. The van der Waals surface area contributed by atoms with E-state index in [1.54, 1.807) is 4.90 Å². The highest BCUT2D eigenvalue weighted by Crippen LogP contribution is 2.23. The number of nitrogens with one attached hydrogen (secondary N) is 1. The van der Waals surface area contributed by atoms with Crippen LogP contribution in [0.5, 0.6) is 0 Å². The topological polar surface area (TPSA) is 49.4 Å². The molecule has 5 heteroatoms. The first-order valence-corrected chi connectivity index (χ1v) is 13.4. The molecule has 0 aliphatic heterocycles. The van der Waals surface area contributed by atoms with Gasteiger partial charge in [-0.05, 0) is 53.1 Å². The van der Waals surface area contributed by atoms with Gasteiger partial charge in [0.25, 0.3) is 0 Å². The van der Waals surface area contributed by atoms with Crippen molar-refractivity contribution in [2.45, 2.75) is 65.0 Å². The number of rotatable bonds is 10. The highest BCUT2D eigenvalue weighted by atomic mass is 79.9. The number of carbonyl (C=O) groups is 2. The fourth-order valence-electron chi connectivity index (χ4n) is 4.20. The van der Waals surface area contributed by atoms with E-state index < -0.39 is 6.04 Å². The smallest absolute Gasteiger partial charge is 0.243 e. The van der Waals surface area contributed by atoms with E-state index in [2.05, 4.69) is 66.3 Å². The predicted molar refractivity (Wildman–Crippen MR) is 151 cm³/mol. The summed E-state index contributed by atoms with van der Waals surface area (Å²) in [5.74, 6) is -0.147. The van der Waals surface area contributed by atoms with Crippen molar-refractivity contribution < 1.29 is 9.59 Å². The van der Waals surface area contributed by atoms with Crippen molar-refractivity contribution in [2.75, 3.05) is 6.54 Å². The molecule has 0 heterocycles. The van der Waals surface area contributed by atoms with Crippen molar-refractivity contribution in [2.24, 2.45) is 0 Å². The molecule has 3 aromatic carbocycles. The van der Waals surface area contributed by atoms with Crippen molar-refractivity contribution in [3.8, 4) is 0 Å². The minimum atomic E-state index is -0.591.